The van der Waals surface area contributed by atoms with E-state index in [0.717, 1.165) is 45.0 Å². The molecule has 2 aliphatic rings. The van der Waals surface area contributed by atoms with Gasteiger partial charge in [0.15, 0.2) is 5.82 Å². The molecule has 0 spiro atoms. The highest BCUT2D eigenvalue weighted by Gasteiger charge is 2.34. The Balaban J connectivity index is 1.27. The number of benzene rings is 2. The smallest absolute Gasteiger partial charge is 0.169 e. The highest BCUT2D eigenvalue weighted by Crippen LogP contribution is 2.33. The van der Waals surface area contributed by atoms with Crippen LogP contribution < -0.4 is 0 Å². The maximum atomic E-state index is 4.54. The fourth-order valence-corrected chi connectivity index (χ4v) is 4.88. The normalized spacial score (nSPS) is 20.2. The number of aromatic nitrogens is 4. The number of hydrogen-bond donors (Lipinski definition) is 0. The predicted octanol–water partition coefficient (Wildman–Crippen LogP) is 4.23. The molecule has 1 aromatic heterocycles. The first kappa shape index (κ1) is 22.4. The van der Waals surface area contributed by atoms with Gasteiger partial charge in [-0.15, -0.1) is 5.10 Å². The Bertz CT molecular complexity index is 1110. The maximum Gasteiger partial charge on any atom is 0.169 e. The second kappa shape index (κ2) is 11.2. The van der Waals surface area contributed by atoms with Crippen molar-refractivity contribution in [2.45, 2.75) is 19.0 Å². The number of nitrogens with zero attached hydrogens (tertiary/aromatic N) is 6. The third kappa shape index (κ3) is 5.58. The lowest BCUT2D eigenvalue weighted by Gasteiger charge is -2.41. The third-order valence-electron chi connectivity index (χ3n) is 6.69. The van der Waals surface area contributed by atoms with Gasteiger partial charge >= 0.3 is 0 Å². The van der Waals surface area contributed by atoms with E-state index in [1.807, 2.05) is 10.7 Å². The molecule has 0 saturated carbocycles. The number of piperazine rings is 1. The van der Waals surface area contributed by atoms with E-state index in [1.165, 1.54) is 11.1 Å². The molecule has 2 aromatic carbocycles. The average molecular weight is 453 g/mol. The van der Waals surface area contributed by atoms with Crippen molar-refractivity contribution in [3.05, 3.63) is 108 Å². The first-order valence-electron chi connectivity index (χ1n) is 12.2. The summed E-state index contributed by atoms with van der Waals surface area (Å²) in [5, 5.41) is 13.0. The zero-order chi connectivity index (χ0) is 23.0. The molecule has 2 heterocycles. The van der Waals surface area contributed by atoms with Crippen LogP contribution in [-0.2, 0) is 6.54 Å². The zero-order valence-electron chi connectivity index (χ0n) is 19.5. The minimum atomic E-state index is 0.168. The first-order valence-corrected chi connectivity index (χ1v) is 12.2. The standard InChI is InChI=1S/C28H32N6/c1-4-11-24(12-5-1)15-10-18-32-19-21-33(22-20-32)27(26-16-8-3-9-17-26)28-29-30-31-34(28)23-25-13-6-2-7-14-25/h1-16,26-27H,17-23H2/b15-10+/t26?,27-/m0/s1. The molecule has 0 N–H and O–H groups in total. The molecule has 34 heavy (non-hydrogen) atoms. The minimum absolute atomic E-state index is 0.168. The number of allylic oxidation sites excluding steroid dienone is 3. The van der Waals surface area contributed by atoms with Crippen molar-refractivity contribution in [3.63, 3.8) is 0 Å². The molecule has 6 heteroatoms. The zero-order valence-corrected chi connectivity index (χ0v) is 19.5. The van der Waals surface area contributed by atoms with E-state index in [4.69, 9.17) is 0 Å². The van der Waals surface area contributed by atoms with Gasteiger partial charge in [-0.1, -0.05) is 97.1 Å². The van der Waals surface area contributed by atoms with Crippen LogP contribution in [0.1, 0.15) is 29.4 Å². The van der Waals surface area contributed by atoms with E-state index >= 15 is 0 Å². The maximum absolute atomic E-state index is 4.54. The van der Waals surface area contributed by atoms with Crippen molar-refractivity contribution in [3.8, 4) is 0 Å². The van der Waals surface area contributed by atoms with Gasteiger partial charge in [-0.05, 0) is 28.0 Å². The van der Waals surface area contributed by atoms with E-state index in [0.29, 0.717) is 12.5 Å². The first-order chi connectivity index (χ1) is 16.9. The summed E-state index contributed by atoms with van der Waals surface area (Å²) in [6.07, 6.45) is 14.4. The monoisotopic (exact) mass is 452 g/mol. The Kier molecular flexibility index (Phi) is 7.38. The van der Waals surface area contributed by atoms with Crippen molar-refractivity contribution in [2.75, 3.05) is 32.7 Å². The van der Waals surface area contributed by atoms with Crippen LogP contribution in [0.25, 0.3) is 6.08 Å². The van der Waals surface area contributed by atoms with Gasteiger partial charge in [-0.3, -0.25) is 9.80 Å². The fourth-order valence-electron chi connectivity index (χ4n) is 4.88. The van der Waals surface area contributed by atoms with Crippen LogP contribution in [-0.4, -0.2) is 62.7 Å². The van der Waals surface area contributed by atoms with Crippen molar-refractivity contribution in [1.82, 2.24) is 30.0 Å². The molecular formula is C28H32N6. The number of rotatable bonds is 8. The molecule has 0 amide bonds. The summed E-state index contributed by atoms with van der Waals surface area (Å²) in [7, 11) is 0. The summed E-state index contributed by atoms with van der Waals surface area (Å²) < 4.78 is 1.99. The molecule has 3 aromatic rings. The summed E-state index contributed by atoms with van der Waals surface area (Å²) in [5.41, 5.74) is 2.47. The van der Waals surface area contributed by atoms with Crippen molar-refractivity contribution >= 4 is 6.08 Å². The molecule has 174 valence electrons. The lowest BCUT2D eigenvalue weighted by molar-refractivity contribution is 0.0775. The largest absolute Gasteiger partial charge is 0.297 e. The Morgan fingerprint density at radius 2 is 1.68 bits per heavy atom. The number of tetrazole rings is 1. The van der Waals surface area contributed by atoms with E-state index in [9.17, 15) is 0 Å². The van der Waals surface area contributed by atoms with Crippen LogP contribution in [0.15, 0.2) is 91.0 Å². The molecule has 1 aliphatic carbocycles. The van der Waals surface area contributed by atoms with Crippen LogP contribution in [0.3, 0.4) is 0 Å². The molecule has 1 fully saturated rings. The van der Waals surface area contributed by atoms with Crippen LogP contribution in [0, 0.1) is 5.92 Å². The van der Waals surface area contributed by atoms with E-state index < -0.39 is 0 Å². The van der Waals surface area contributed by atoms with E-state index in [1.54, 1.807) is 0 Å². The molecule has 6 nitrogen and oxygen atoms in total. The Morgan fingerprint density at radius 3 is 2.41 bits per heavy atom. The predicted molar refractivity (Wildman–Crippen MR) is 136 cm³/mol. The molecular weight excluding hydrogens is 420 g/mol. The molecule has 2 atom stereocenters. The second-order valence-electron chi connectivity index (χ2n) is 8.99. The van der Waals surface area contributed by atoms with Gasteiger partial charge in [0, 0.05) is 38.6 Å². The highest BCUT2D eigenvalue weighted by molar-refractivity contribution is 5.48. The summed E-state index contributed by atoms with van der Waals surface area (Å²) in [6.45, 7) is 5.78. The quantitative estimate of drug-likeness (QED) is 0.512. The van der Waals surface area contributed by atoms with Crippen LogP contribution in [0.4, 0.5) is 0 Å². The molecule has 1 aliphatic heterocycles. The average Bonchev–Trinajstić information content (AvgIpc) is 3.34. The Hall–Kier alpha value is -3.35. The third-order valence-corrected chi connectivity index (χ3v) is 6.69. The summed E-state index contributed by atoms with van der Waals surface area (Å²) >= 11 is 0. The van der Waals surface area contributed by atoms with Gasteiger partial charge in [0.25, 0.3) is 0 Å². The summed E-state index contributed by atoms with van der Waals surface area (Å²) in [4.78, 5) is 5.11. The van der Waals surface area contributed by atoms with Crippen LogP contribution in [0.2, 0.25) is 0 Å². The topological polar surface area (TPSA) is 50.1 Å². The number of hydrogen-bond acceptors (Lipinski definition) is 5. The van der Waals surface area contributed by atoms with Gasteiger partial charge < -0.3 is 0 Å². The van der Waals surface area contributed by atoms with Crippen molar-refractivity contribution in [1.29, 1.82) is 0 Å². The SMILES string of the molecule is C1=CCC([C@@H](c2nnnn2Cc2ccccc2)N2CCN(C/C=C/c3ccccc3)CC2)C=C1. The minimum Gasteiger partial charge on any atom is -0.297 e. The molecule has 1 saturated heterocycles. The van der Waals surface area contributed by atoms with Crippen LogP contribution >= 0.6 is 0 Å². The van der Waals surface area contributed by atoms with Gasteiger partial charge in [-0.2, -0.15) is 0 Å². The second-order valence-corrected chi connectivity index (χ2v) is 8.99. The van der Waals surface area contributed by atoms with Gasteiger partial charge in [0.1, 0.15) is 0 Å². The molecule has 5 rings (SSSR count). The lowest BCUT2D eigenvalue weighted by Crippen LogP contribution is -2.49. The summed E-state index contributed by atoms with van der Waals surface area (Å²) in [6, 6.07) is 21.1. The fraction of sp³-hybridized carbons (Fsp3) is 0.321. The lowest BCUT2D eigenvalue weighted by atomic mass is 9.90. The van der Waals surface area contributed by atoms with E-state index in [2.05, 4.69) is 116 Å². The summed E-state index contributed by atoms with van der Waals surface area (Å²) in [5.74, 6) is 1.33. The Labute approximate surface area is 201 Å². The molecule has 1 unspecified atom stereocenters. The Morgan fingerprint density at radius 1 is 0.912 bits per heavy atom. The van der Waals surface area contributed by atoms with E-state index in [-0.39, 0.29) is 6.04 Å². The van der Waals surface area contributed by atoms with Crippen LogP contribution in [0.5, 0.6) is 0 Å². The van der Waals surface area contributed by atoms with Crippen molar-refractivity contribution < 1.29 is 0 Å². The molecule has 0 radical (unpaired) electrons. The van der Waals surface area contributed by atoms with Gasteiger partial charge in [0.2, 0.25) is 0 Å². The highest BCUT2D eigenvalue weighted by atomic mass is 15.6. The van der Waals surface area contributed by atoms with Gasteiger partial charge in [0.05, 0.1) is 12.6 Å². The van der Waals surface area contributed by atoms with Crippen molar-refractivity contribution in [2.24, 2.45) is 5.92 Å². The van der Waals surface area contributed by atoms with Gasteiger partial charge in [-0.25, -0.2) is 4.68 Å². The molecule has 0 bridgehead atoms.